The van der Waals surface area contributed by atoms with Crippen molar-refractivity contribution < 1.29 is 4.42 Å². The van der Waals surface area contributed by atoms with Gasteiger partial charge in [0.1, 0.15) is 17.6 Å². The largest absolute Gasteiger partial charge is 0.461 e. The van der Waals surface area contributed by atoms with Crippen LogP contribution in [0, 0.1) is 18.3 Å². The fourth-order valence-electron chi connectivity index (χ4n) is 0.652. The Morgan fingerprint density at radius 2 is 2.40 bits per heavy atom. The zero-order valence-corrected chi connectivity index (χ0v) is 5.72. The molecule has 0 saturated heterocycles. The van der Waals surface area contributed by atoms with Gasteiger partial charge in [0, 0.05) is 0 Å². The molecular weight excluding hydrogens is 126 g/mol. The van der Waals surface area contributed by atoms with Crippen molar-refractivity contribution in [1.29, 1.82) is 5.26 Å². The van der Waals surface area contributed by atoms with Crippen molar-refractivity contribution >= 4 is 5.57 Å². The van der Waals surface area contributed by atoms with Gasteiger partial charge in [-0.1, -0.05) is 6.58 Å². The van der Waals surface area contributed by atoms with Gasteiger partial charge in [-0.05, 0) is 19.1 Å². The second kappa shape index (κ2) is 2.40. The molecule has 1 aromatic rings. The van der Waals surface area contributed by atoms with Gasteiger partial charge in [0.15, 0.2) is 0 Å². The first-order chi connectivity index (χ1) is 4.74. The van der Waals surface area contributed by atoms with Crippen molar-refractivity contribution in [2.45, 2.75) is 6.92 Å². The first-order valence-corrected chi connectivity index (χ1v) is 2.90. The summed E-state index contributed by atoms with van der Waals surface area (Å²) >= 11 is 0. The van der Waals surface area contributed by atoms with Gasteiger partial charge in [-0.3, -0.25) is 0 Å². The molecule has 2 heteroatoms. The lowest BCUT2D eigenvalue weighted by Gasteiger charge is -1.86. The van der Waals surface area contributed by atoms with Gasteiger partial charge >= 0.3 is 0 Å². The zero-order valence-electron chi connectivity index (χ0n) is 5.72. The molecule has 0 atom stereocenters. The van der Waals surface area contributed by atoms with Crippen LogP contribution in [0.5, 0.6) is 0 Å². The van der Waals surface area contributed by atoms with Gasteiger partial charge in [-0.25, -0.2) is 0 Å². The molecule has 50 valence electrons. The molecule has 0 amide bonds. The fraction of sp³-hybridized carbons (Fsp3) is 0.125. The van der Waals surface area contributed by atoms with Crippen LogP contribution in [0.15, 0.2) is 23.1 Å². The summed E-state index contributed by atoms with van der Waals surface area (Å²) in [5, 5.41) is 8.39. The Labute approximate surface area is 59.4 Å². The quantitative estimate of drug-likeness (QED) is 0.550. The van der Waals surface area contributed by atoms with Crippen LogP contribution in [0.1, 0.15) is 11.5 Å². The summed E-state index contributed by atoms with van der Waals surface area (Å²) in [5.41, 5.74) is 0.369. The van der Waals surface area contributed by atoms with E-state index in [1.807, 2.05) is 13.0 Å². The lowest BCUT2D eigenvalue weighted by molar-refractivity contribution is 0.523. The minimum Gasteiger partial charge on any atom is -0.461 e. The van der Waals surface area contributed by atoms with E-state index in [0.717, 1.165) is 5.76 Å². The van der Waals surface area contributed by atoms with E-state index >= 15 is 0 Å². The normalized spacial score (nSPS) is 8.80. The highest BCUT2D eigenvalue weighted by atomic mass is 16.3. The summed E-state index contributed by atoms with van der Waals surface area (Å²) in [6.07, 6.45) is 0. The molecule has 2 nitrogen and oxygen atoms in total. The summed E-state index contributed by atoms with van der Waals surface area (Å²) in [6, 6.07) is 5.45. The number of nitrogens with zero attached hydrogens (tertiary/aromatic N) is 1. The molecule has 0 saturated carbocycles. The van der Waals surface area contributed by atoms with Crippen LogP contribution in [0.2, 0.25) is 0 Å². The molecule has 0 spiro atoms. The Morgan fingerprint density at radius 1 is 1.70 bits per heavy atom. The molecule has 0 aliphatic rings. The Balaban J connectivity index is 2.98. The van der Waals surface area contributed by atoms with E-state index in [-0.39, 0.29) is 0 Å². The van der Waals surface area contributed by atoms with Gasteiger partial charge in [0.05, 0.1) is 5.57 Å². The van der Waals surface area contributed by atoms with E-state index in [4.69, 9.17) is 9.68 Å². The van der Waals surface area contributed by atoms with Gasteiger partial charge in [0.25, 0.3) is 0 Å². The molecule has 1 rings (SSSR count). The first-order valence-electron chi connectivity index (χ1n) is 2.90. The van der Waals surface area contributed by atoms with Crippen LogP contribution in [0.4, 0.5) is 0 Å². The highest BCUT2D eigenvalue weighted by molar-refractivity contribution is 5.71. The minimum absolute atomic E-state index is 0.369. The molecule has 0 bridgehead atoms. The number of rotatable bonds is 1. The van der Waals surface area contributed by atoms with Gasteiger partial charge < -0.3 is 4.42 Å². The van der Waals surface area contributed by atoms with E-state index < -0.39 is 0 Å². The summed E-state index contributed by atoms with van der Waals surface area (Å²) in [6.45, 7) is 5.33. The molecule has 10 heavy (non-hydrogen) atoms. The predicted octanol–water partition coefficient (Wildman–Crippen LogP) is 2.12. The molecule has 0 unspecified atom stereocenters. The SMILES string of the molecule is C=C(C#N)c1ccc(C)o1. The van der Waals surface area contributed by atoms with Crippen molar-refractivity contribution in [2.24, 2.45) is 0 Å². The van der Waals surface area contributed by atoms with E-state index in [1.54, 1.807) is 12.1 Å². The predicted molar refractivity (Wildman–Crippen MR) is 38.1 cm³/mol. The number of allylic oxidation sites excluding steroid dienone is 1. The summed E-state index contributed by atoms with van der Waals surface area (Å²) in [7, 11) is 0. The molecule has 0 aromatic carbocycles. The van der Waals surface area contributed by atoms with Crippen molar-refractivity contribution in [1.82, 2.24) is 0 Å². The Bertz CT molecular complexity index is 290. The van der Waals surface area contributed by atoms with Gasteiger partial charge in [-0.2, -0.15) is 5.26 Å². The molecule has 1 aromatic heterocycles. The van der Waals surface area contributed by atoms with E-state index in [1.165, 1.54) is 0 Å². The zero-order chi connectivity index (χ0) is 7.56. The average Bonchev–Trinajstić information content (AvgIpc) is 2.34. The van der Waals surface area contributed by atoms with E-state index in [0.29, 0.717) is 11.3 Å². The van der Waals surface area contributed by atoms with Crippen molar-refractivity contribution in [3.63, 3.8) is 0 Å². The first kappa shape index (κ1) is 6.63. The number of hydrogen-bond acceptors (Lipinski definition) is 2. The lowest BCUT2D eigenvalue weighted by Crippen LogP contribution is -1.70. The summed E-state index contributed by atoms with van der Waals surface area (Å²) in [4.78, 5) is 0. The van der Waals surface area contributed by atoms with Crippen LogP contribution in [-0.2, 0) is 0 Å². The molecule has 0 aliphatic carbocycles. The molecular formula is C8H7NO. The Hall–Kier alpha value is -1.49. The topological polar surface area (TPSA) is 36.9 Å². The monoisotopic (exact) mass is 133 g/mol. The second-order valence-electron chi connectivity index (χ2n) is 2.00. The molecule has 0 radical (unpaired) electrons. The van der Waals surface area contributed by atoms with Crippen LogP contribution in [-0.4, -0.2) is 0 Å². The number of hydrogen-bond donors (Lipinski definition) is 0. The van der Waals surface area contributed by atoms with Crippen molar-refractivity contribution in [3.05, 3.63) is 30.2 Å². The highest BCUT2D eigenvalue weighted by Gasteiger charge is 2.00. The number of aryl methyl sites for hydroxylation is 1. The summed E-state index contributed by atoms with van der Waals surface area (Å²) < 4.78 is 5.11. The third-order valence-electron chi connectivity index (χ3n) is 1.17. The third-order valence-corrected chi connectivity index (χ3v) is 1.17. The third kappa shape index (κ3) is 1.08. The van der Waals surface area contributed by atoms with Crippen LogP contribution >= 0.6 is 0 Å². The summed E-state index contributed by atoms with van der Waals surface area (Å²) in [5.74, 6) is 1.35. The Kier molecular flexibility index (Phi) is 1.59. The standard InChI is InChI=1S/C8H7NO/c1-6(5-9)8-4-3-7(2)10-8/h3-4H,1H2,2H3. The average molecular weight is 133 g/mol. The van der Waals surface area contributed by atoms with Crippen molar-refractivity contribution in [3.8, 4) is 6.07 Å². The second-order valence-corrected chi connectivity index (χ2v) is 2.00. The van der Waals surface area contributed by atoms with Crippen LogP contribution in [0.3, 0.4) is 0 Å². The maximum absolute atomic E-state index is 8.39. The van der Waals surface area contributed by atoms with E-state index in [2.05, 4.69) is 6.58 Å². The van der Waals surface area contributed by atoms with E-state index in [9.17, 15) is 0 Å². The number of furan rings is 1. The Morgan fingerprint density at radius 3 is 2.80 bits per heavy atom. The molecule has 1 heterocycles. The molecule has 0 fully saturated rings. The molecule has 0 aliphatic heterocycles. The van der Waals surface area contributed by atoms with Gasteiger partial charge in [-0.15, -0.1) is 0 Å². The smallest absolute Gasteiger partial charge is 0.144 e. The number of nitriles is 1. The van der Waals surface area contributed by atoms with Crippen molar-refractivity contribution in [2.75, 3.05) is 0 Å². The lowest BCUT2D eigenvalue weighted by atomic mass is 10.3. The minimum atomic E-state index is 0.369. The van der Waals surface area contributed by atoms with Gasteiger partial charge in [0.2, 0.25) is 0 Å². The highest BCUT2D eigenvalue weighted by Crippen LogP contribution is 2.13. The fourth-order valence-corrected chi connectivity index (χ4v) is 0.652. The maximum atomic E-state index is 8.39. The van der Waals surface area contributed by atoms with Crippen LogP contribution < -0.4 is 0 Å². The van der Waals surface area contributed by atoms with Crippen LogP contribution in [0.25, 0.3) is 5.57 Å². The maximum Gasteiger partial charge on any atom is 0.144 e. The molecule has 0 N–H and O–H groups in total.